The van der Waals surface area contributed by atoms with Gasteiger partial charge in [-0.2, -0.15) is 17.1 Å². The van der Waals surface area contributed by atoms with E-state index in [-0.39, 0.29) is 18.2 Å². The average Bonchev–Trinajstić information content (AvgIpc) is 2.92. The Morgan fingerprint density at radius 3 is 2.80 bits per heavy atom. The lowest BCUT2D eigenvalue weighted by atomic mass is 10.2. The van der Waals surface area contributed by atoms with Crippen LogP contribution in [0.3, 0.4) is 0 Å². The average molecular weight is 389 g/mol. The van der Waals surface area contributed by atoms with E-state index in [4.69, 9.17) is 4.74 Å². The highest BCUT2D eigenvalue weighted by Gasteiger charge is 2.32. The van der Waals surface area contributed by atoms with Crippen molar-refractivity contribution < 1.29 is 22.5 Å². The maximum Gasteiger partial charge on any atom is 0.422 e. The van der Waals surface area contributed by atoms with Crippen molar-refractivity contribution in [1.29, 1.82) is 0 Å². The molecule has 1 aliphatic heterocycles. The summed E-state index contributed by atoms with van der Waals surface area (Å²) in [6.45, 7) is 0.485. The normalized spacial score (nSPS) is 13.1. The van der Waals surface area contributed by atoms with Gasteiger partial charge in [0.25, 0.3) is 0 Å². The first-order valence-corrected chi connectivity index (χ1v) is 8.23. The van der Waals surface area contributed by atoms with Crippen molar-refractivity contribution >= 4 is 35.4 Å². The molecule has 4 nitrogen and oxygen atoms in total. The molecule has 0 saturated carbocycles. The van der Waals surface area contributed by atoms with E-state index < -0.39 is 12.8 Å². The molecule has 0 unspecified atom stereocenters. The molecule has 3 heterocycles. The van der Waals surface area contributed by atoms with Crippen LogP contribution in [0.1, 0.15) is 11.3 Å². The minimum Gasteiger partial charge on any atom is -0.484 e. The fraction of sp³-hybridized carbons (Fsp3) is 0.250. The smallest absolute Gasteiger partial charge is 0.422 e. The summed E-state index contributed by atoms with van der Waals surface area (Å²) in [5.74, 6) is 1.62. The highest BCUT2D eigenvalue weighted by molar-refractivity contribution is 7.97. The molecule has 2 aromatic heterocycles. The van der Waals surface area contributed by atoms with Crippen LogP contribution in [-0.2, 0) is 5.75 Å². The van der Waals surface area contributed by atoms with Crippen molar-refractivity contribution in [2.75, 3.05) is 6.61 Å². The van der Waals surface area contributed by atoms with Gasteiger partial charge in [-0.15, -0.1) is 12.4 Å². The van der Waals surface area contributed by atoms with Crippen molar-refractivity contribution in [3.63, 3.8) is 0 Å². The van der Waals surface area contributed by atoms with Crippen LogP contribution in [0.2, 0.25) is 0 Å². The van der Waals surface area contributed by atoms with Crippen LogP contribution in [0.15, 0.2) is 36.5 Å². The number of hydrogen-bond donors (Lipinski definition) is 0. The largest absolute Gasteiger partial charge is 0.484 e. The van der Waals surface area contributed by atoms with Crippen molar-refractivity contribution in [2.45, 2.75) is 18.9 Å². The van der Waals surface area contributed by atoms with Crippen molar-refractivity contribution in [3.8, 4) is 11.7 Å². The summed E-state index contributed by atoms with van der Waals surface area (Å²) in [6.07, 6.45) is -2.64. The first-order chi connectivity index (χ1) is 11.4. The van der Waals surface area contributed by atoms with E-state index in [1.54, 1.807) is 31.1 Å². The molecule has 0 aliphatic carbocycles. The monoisotopic (exact) mass is 388 g/mol. The van der Waals surface area contributed by atoms with Gasteiger partial charge in [-0.3, -0.25) is 0 Å². The molecule has 0 N–H and O–H groups in total. The number of para-hydroxylation sites is 2. The summed E-state index contributed by atoms with van der Waals surface area (Å²) in [6, 6.07) is 9.38. The van der Waals surface area contributed by atoms with E-state index in [0.29, 0.717) is 11.3 Å². The Morgan fingerprint density at radius 2 is 2.04 bits per heavy atom. The summed E-state index contributed by atoms with van der Waals surface area (Å²) in [5, 5.41) is 0. The van der Waals surface area contributed by atoms with Crippen LogP contribution in [0.5, 0.6) is 5.75 Å². The lowest BCUT2D eigenvalue weighted by Crippen LogP contribution is -2.41. The number of aromatic nitrogens is 3. The molecule has 0 amide bonds. The quantitative estimate of drug-likeness (QED) is 0.622. The topological polar surface area (TPSA) is 30.9 Å². The first-order valence-electron chi connectivity index (χ1n) is 7.29. The van der Waals surface area contributed by atoms with Crippen LogP contribution in [0.4, 0.5) is 13.2 Å². The molecule has 3 aromatic rings. The van der Waals surface area contributed by atoms with E-state index in [1.807, 2.05) is 32.8 Å². The summed E-state index contributed by atoms with van der Waals surface area (Å²) < 4.78 is 46.0. The minimum absolute atomic E-state index is 0. The highest BCUT2D eigenvalue weighted by atomic mass is 35.5. The second-order valence-corrected chi connectivity index (χ2v) is 6.41. The maximum absolute atomic E-state index is 12.4. The number of halogens is 4. The van der Waals surface area contributed by atoms with Crippen molar-refractivity contribution in [3.05, 3.63) is 47.8 Å². The fourth-order valence-corrected chi connectivity index (χ4v) is 3.90. The van der Waals surface area contributed by atoms with Gasteiger partial charge in [0.1, 0.15) is 11.4 Å². The molecule has 1 aliphatic rings. The zero-order valence-corrected chi connectivity index (χ0v) is 14.7. The van der Waals surface area contributed by atoms with Gasteiger partial charge in [0, 0.05) is 23.6 Å². The van der Waals surface area contributed by atoms with Gasteiger partial charge in [-0.05, 0) is 19.1 Å². The minimum atomic E-state index is -4.35. The lowest BCUT2D eigenvalue weighted by Gasteiger charge is -2.18. The summed E-state index contributed by atoms with van der Waals surface area (Å²) in [4.78, 5) is 4.63. The third-order valence-electron chi connectivity index (χ3n) is 3.91. The molecule has 0 radical (unpaired) electrons. The fourth-order valence-electron chi connectivity index (χ4n) is 2.76. The van der Waals surface area contributed by atoms with E-state index in [1.165, 1.54) is 0 Å². The zero-order valence-electron chi connectivity index (χ0n) is 13.1. The SMILES string of the molecule is Cc1c(OCC(F)(F)F)cc[n+]2c1CSn1c-2nc2ccccc21.Cl. The third-order valence-corrected chi connectivity index (χ3v) is 4.93. The molecule has 4 rings (SSSR count). The lowest BCUT2D eigenvalue weighted by molar-refractivity contribution is -0.612. The number of ether oxygens (including phenoxy) is 1. The molecule has 1 aromatic carbocycles. The maximum atomic E-state index is 12.4. The van der Waals surface area contributed by atoms with Crippen molar-refractivity contribution in [2.24, 2.45) is 0 Å². The summed E-state index contributed by atoms with van der Waals surface area (Å²) >= 11 is 1.57. The number of alkyl halides is 3. The summed E-state index contributed by atoms with van der Waals surface area (Å²) in [7, 11) is 0. The Morgan fingerprint density at radius 1 is 1.28 bits per heavy atom. The zero-order chi connectivity index (χ0) is 16.9. The van der Waals surface area contributed by atoms with E-state index in [0.717, 1.165) is 22.7 Å². The van der Waals surface area contributed by atoms with Crippen LogP contribution in [-0.4, -0.2) is 21.7 Å². The van der Waals surface area contributed by atoms with Gasteiger partial charge in [0.2, 0.25) is 0 Å². The molecule has 0 fully saturated rings. The van der Waals surface area contributed by atoms with Crippen LogP contribution >= 0.6 is 24.4 Å². The summed E-state index contributed by atoms with van der Waals surface area (Å²) in [5.41, 5.74) is 3.50. The molecule has 0 spiro atoms. The molecule has 0 bridgehead atoms. The number of benzene rings is 1. The first kappa shape index (κ1) is 17.9. The van der Waals surface area contributed by atoms with Gasteiger partial charge in [0.15, 0.2) is 17.6 Å². The molecule has 9 heteroatoms. The van der Waals surface area contributed by atoms with E-state index >= 15 is 0 Å². The number of nitrogens with zero attached hydrogens (tertiary/aromatic N) is 3. The number of rotatable bonds is 2. The molecule has 132 valence electrons. The Hall–Kier alpha value is -1.93. The molecule has 0 saturated heterocycles. The van der Waals surface area contributed by atoms with Crippen LogP contribution in [0.25, 0.3) is 17.0 Å². The Bertz CT molecular complexity index is 942. The Labute approximate surface area is 152 Å². The van der Waals surface area contributed by atoms with Gasteiger partial charge in [-0.25, -0.2) is 4.57 Å². The van der Waals surface area contributed by atoms with E-state index in [9.17, 15) is 13.2 Å². The van der Waals surface area contributed by atoms with Crippen molar-refractivity contribution in [1.82, 2.24) is 8.96 Å². The van der Waals surface area contributed by atoms with Gasteiger partial charge in [-0.1, -0.05) is 17.1 Å². The Balaban J connectivity index is 0.00000182. The molecule has 25 heavy (non-hydrogen) atoms. The Kier molecular flexibility index (Phi) is 4.59. The van der Waals surface area contributed by atoms with Crippen LogP contribution < -0.4 is 9.30 Å². The van der Waals surface area contributed by atoms with Gasteiger partial charge in [0.05, 0.1) is 11.9 Å². The number of imidazole rings is 1. The standard InChI is InChI=1S/C16H13F3N3OS.ClH/c1-10-13-8-24-22-12-5-3-2-4-11(12)20-15(22)21(13)7-6-14(10)23-9-16(17,18)19;/h2-7H,8-9H2,1H3;1H/q+1;. The molecular weight excluding hydrogens is 375 g/mol. The van der Waals surface area contributed by atoms with Gasteiger partial charge >= 0.3 is 12.1 Å². The third kappa shape index (κ3) is 3.16. The number of pyridine rings is 1. The number of hydrogen-bond acceptors (Lipinski definition) is 3. The number of fused-ring (bicyclic) bond motifs is 5. The second-order valence-electron chi connectivity index (χ2n) is 5.49. The molecular formula is C16H14ClF3N3OS+. The predicted octanol–water partition coefficient (Wildman–Crippen LogP) is 3.99. The van der Waals surface area contributed by atoms with Crippen LogP contribution in [0, 0.1) is 6.92 Å². The van der Waals surface area contributed by atoms with E-state index in [2.05, 4.69) is 4.98 Å². The second kappa shape index (κ2) is 6.42. The molecule has 0 atom stereocenters. The highest BCUT2D eigenvalue weighted by Crippen LogP contribution is 2.31. The van der Waals surface area contributed by atoms with Gasteiger partial charge < -0.3 is 4.74 Å². The predicted molar refractivity (Wildman–Crippen MR) is 91.5 cm³/mol.